The topological polar surface area (TPSA) is 110 Å². The molecule has 3 N–H and O–H groups in total. The van der Waals surface area contributed by atoms with Crippen molar-refractivity contribution in [2.45, 2.75) is 24.8 Å². The SMILES string of the molecule is Cn1nccc1-c1nc2n(c1-c1ccc(C3(NC(=O)O)CCC3)cc1)-c1cccnc1Nc1ccccc1-2. The Balaban J connectivity index is 1.49. The minimum Gasteiger partial charge on any atom is -0.465 e. The zero-order valence-electron chi connectivity index (χ0n) is 20.7. The first kappa shape index (κ1) is 22.3. The number of fused-ring (bicyclic) bond motifs is 5. The van der Waals surface area contributed by atoms with E-state index in [1.54, 1.807) is 12.4 Å². The number of hydrogen-bond acceptors (Lipinski definition) is 5. The minimum absolute atomic E-state index is 0.525. The van der Waals surface area contributed by atoms with Gasteiger partial charge in [-0.3, -0.25) is 9.25 Å². The summed E-state index contributed by atoms with van der Waals surface area (Å²) in [7, 11) is 1.91. The number of nitrogens with one attached hydrogen (secondary N) is 2. The lowest BCUT2D eigenvalue weighted by molar-refractivity contribution is 0.144. The number of anilines is 2. The molecule has 7 rings (SSSR count). The number of hydrogen-bond donors (Lipinski definition) is 3. The van der Waals surface area contributed by atoms with Gasteiger partial charge in [-0.2, -0.15) is 5.10 Å². The molecule has 9 heteroatoms. The van der Waals surface area contributed by atoms with E-state index in [9.17, 15) is 9.90 Å². The Labute approximate surface area is 218 Å². The van der Waals surface area contributed by atoms with Gasteiger partial charge in [0.2, 0.25) is 0 Å². The van der Waals surface area contributed by atoms with Crippen LogP contribution in [0, 0.1) is 0 Å². The lowest BCUT2D eigenvalue weighted by atomic mass is 9.72. The van der Waals surface area contributed by atoms with Crippen LogP contribution in [0.25, 0.3) is 39.7 Å². The molecule has 0 saturated heterocycles. The summed E-state index contributed by atoms with van der Waals surface area (Å²) < 4.78 is 3.99. The van der Waals surface area contributed by atoms with Crippen LogP contribution >= 0.6 is 0 Å². The maximum Gasteiger partial charge on any atom is 0.405 e. The Morgan fingerprint density at radius 1 is 1.03 bits per heavy atom. The Bertz CT molecular complexity index is 1700. The smallest absolute Gasteiger partial charge is 0.405 e. The largest absolute Gasteiger partial charge is 0.465 e. The second-order valence-corrected chi connectivity index (χ2v) is 9.79. The van der Waals surface area contributed by atoms with Crippen molar-refractivity contribution in [3.05, 3.63) is 84.7 Å². The molecule has 1 aliphatic carbocycles. The van der Waals surface area contributed by atoms with E-state index in [-0.39, 0.29) is 0 Å². The molecule has 1 aliphatic heterocycles. The van der Waals surface area contributed by atoms with Gasteiger partial charge in [-0.15, -0.1) is 0 Å². The van der Waals surface area contributed by atoms with Crippen molar-refractivity contribution in [1.29, 1.82) is 0 Å². The predicted molar refractivity (Wildman–Crippen MR) is 144 cm³/mol. The molecule has 9 nitrogen and oxygen atoms in total. The summed E-state index contributed by atoms with van der Waals surface area (Å²) in [5, 5.41) is 20.1. The van der Waals surface area contributed by atoms with Crippen LogP contribution < -0.4 is 10.6 Å². The van der Waals surface area contributed by atoms with Gasteiger partial charge in [0.15, 0.2) is 5.82 Å². The highest BCUT2D eigenvalue weighted by atomic mass is 16.4. The van der Waals surface area contributed by atoms with Crippen LogP contribution in [0.4, 0.5) is 16.3 Å². The van der Waals surface area contributed by atoms with Crippen molar-refractivity contribution in [2.75, 3.05) is 5.32 Å². The first-order chi connectivity index (χ1) is 18.5. The number of imidazole rings is 1. The van der Waals surface area contributed by atoms with Gasteiger partial charge >= 0.3 is 6.09 Å². The normalized spacial score (nSPS) is 14.8. The minimum atomic E-state index is -0.997. The molecule has 188 valence electrons. The number of pyridine rings is 1. The van der Waals surface area contributed by atoms with Crippen LogP contribution in [-0.2, 0) is 12.6 Å². The van der Waals surface area contributed by atoms with Crippen molar-refractivity contribution in [1.82, 2.24) is 29.6 Å². The highest BCUT2D eigenvalue weighted by Gasteiger charge is 2.40. The van der Waals surface area contributed by atoms with Gasteiger partial charge < -0.3 is 15.7 Å². The highest BCUT2D eigenvalue weighted by molar-refractivity contribution is 5.90. The van der Waals surface area contributed by atoms with E-state index >= 15 is 0 Å². The molecule has 0 bridgehead atoms. The fraction of sp³-hybridized carbons (Fsp3) is 0.172. The van der Waals surface area contributed by atoms with Gasteiger partial charge in [-0.25, -0.2) is 14.8 Å². The Kier molecular flexibility index (Phi) is 4.87. The Morgan fingerprint density at radius 2 is 1.84 bits per heavy atom. The molecule has 1 saturated carbocycles. The molecule has 2 aliphatic rings. The van der Waals surface area contributed by atoms with E-state index in [1.807, 2.05) is 60.3 Å². The van der Waals surface area contributed by atoms with Gasteiger partial charge in [-0.05, 0) is 55.2 Å². The molecule has 0 unspecified atom stereocenters. The monoisotopic (exact) mass is 503 g/mol. The second kappa shape index (κ2) is 8.31. The molecule has 38 heavy (non-hydrogen) atoms. The van der Waals surface area contributed by atoms with E-state index in [4.69, 9.17) is 4.98 Å². The zero-order chi connectivity index (χ0) is 25.9. The van der Waals surface area contributed by atoms with E-state index in [2.05, 4.69) is 43.5 Å². The number of benzene rings is 2. The maximum atomic E-state index is 11.5. The number of carbonyl (C=O) groups is 1. The summed E-state index contributed by atoms with van der Waals surface area (Å²) in [5.74, 6) is 1.54. The third-order valence-electron chi connectivity index (χ3n) is 7.65. The summed E-state index contributed by atoms with van der Waals surface area (Å²) in [6, 6.07) is 22.2. The number of aryl methyl sites for hydroxylation is 1. The van der Waals surface area contributed by atoms with Crippen molar-refractivity contribution < 1.29 is 9.90 Å². The summed E-state index contributed by atoms with van der Waals surface area (Å²) in [5.41, 5.74) is 6.81. The van der Waals surface area contributed by atoms with Crippen molar-refractivity contribution in [2.24, 2.45) is 7.05 Å². The van der Waals surface area contributed by atoms with Crippen LogP contribution in [0.15, 0.2) is 79.1 Å². The molecule has 3 aromatic heterocycles. The van der Waals surface area contributed by atoms with Crippen LogP contribution in [0.2, 0.25) is 0 Å². The molecule has 0 radical (unpaired) electrons. The molecule has 1 amide bonds. The standard InChI is InChI=1S/C29H25N7O2/c1-35-22(13-17-31-35)24-25(18-9-11-19(12-10-18)29(14-5-15-29)34-28(37)38)36-23-8-4-16-30-26(23)32-21-7-3-2-6-20(21)27(36)33-24/h2-4,6-13,16-17,34H,5,14-15H2,1H3,(H,30,32)(H,37,38). The van der Waals surface area contributed by atoms with E-state index < -0.39 is 11.6 Å². The molecular weight excluding hydrogens is 478 g/mol. The number of para-hydroxylation sites is 1. The van der Waals surface area contributed by atoms with Crippen molar-refractivity contribution >= 4 is 17.6 Å². The first-order valence-corrected chi connectivity index (χ1v) is 12.6. The quantitative estimate of drug-likeness (QED) is 0.284. The molecular formula is C29H25N7O2. The van der Waals surface area contributed by atoms with E-state index in [1.165, 1.54) is 0 Å². The van der Waals surface area contributed by atoms with Gasteiger partial charge in [0.1, 0.15) is 11.5 Å². The van der Waals surface area contributed by atoms with Gasteiger partial charge in [0.05, 0.1) is 28.3 Å². The summed E-state index contributed by atoms with van der Waals surface area (Å²) in [4.78, 5) is 21.4. The number of nitrogens with zero attached hydrogens (tertiary/aromatic N) is 5. The highest BCUT2D eigenvalue weighted by Crippen LogP contribution is 2.45. The number of amides is 1. The Hall–Kier alpha value is -4.92. The Morgan fingerprint density at radius 3 is 2.55 bits per heavy atom. The fourth-order valence-electron chi connectivity index (χ4n) is 5.64. The summed E-state index contributed by atoms with van der Waals surface area (Å²) >= 11 is 0. The molecule has 0 atom stereocenters. The third kappa shape index (κ3) is 3.32. The average Bonchev–Trinajstić information content (AvgIpc) is 3.47. The van der Waals surface area contributed by atoms with Crippen LogP contribution in [0.3, 0.4) is 0 Å². The predicted octanol–water partition coefficient (Wildman–Crippen LogP) is 5.71. The lowest BCUT2D eigenvalue weighted by Crippen LogP contribution is -2.50. The lowest BCUT2D eigenvalue weighted by Gasteiger charge is -2.42. The van der Waals surface area contributed by atoms with Crippen LogP contribution in [-0.4, -0.2) is 35.5 Å². The van der Waals surface area contributed by atoms with Crippen LogP contribution in [0.1, 0.15) is 24.8 Å². The number of carboxylic acid groups (broad SMARTS) is 1. The summed E-state index contributed by atoms with van der Waals surface area (Å²) in [6.07, 6.45) is 5.14. The first-order valence-electron chi connectivity index (χ1n) is 12.6. The third-order valence-corrected chi connectivity index (χ3v) is 7.65. The van der Waals surface area contributed by atoms with Crippen molar-refractivity contribution in [3.63, 3.8) is 0 Å². The van der Waals surface area contributed by atoms with Crippen LogP contribution in [0.5, 0.6) is 0 Å². The fourth-order valence-corrected chi connectivity index (χ4v) is 5.64. The zero-order valence-corrected chi connectivity index (χ0v) is 20.7. The average molecular weight is 504 g/mol. The molecule has 2 aromatic carbocycles. The van der Waals surface area contributed by atoms with Gasteiger partial charge in [0.25, 0.3) is 0 Å². The number of aromatic nitrogens is 5. The molecule has 4 heterocycles. The van der Waals surface area contributed by atoms with E-state index in [0.717, 1.165) is 76.1 Å². The van der Waals surface area contributed by atoms with E-state index in [0.29, 0.717) is 0 Å². The summed E-state index contributed by atoms with van der Waals surface area (Å²) in [6.45, 7) is 0. The van der Waals surface area contributed by atoms with Gasteiger partial charge in [0, 0.05) is 30.6 Å². The van der Waals surface area contributed by atoms with Crippen molar-refractivity contribution in [3.8, 4) is 39.7 Å². The second-order valence-electron chi connectivity index (χ2n) is 9.79. The maximum absolute atomic E-state index is 11.5. The van der Waals surface area contributed by atoms with Gasteiger partial charge in [-0.1, -0.05) is 36.4 Å². The number of rotatable bonds is 4. The molecule has 1 fully saturated rings. The molecule has 5 aromatic rings. The molecule has 0 spiro atoms.